The Morgan fingerprint density at radius 2 is 1.85 bits per heavy atom. The van der Waals surface area contributed by atoms with Gasteiger partial charge in [-0.1, -0.05) is 35.9 Å². The quantitative estimate of drug-likeness (QED) is 0.680. The Balaban J connectivity index is 2.21. The first-order chi connectivity index (χ1) is 9.60. The summed E-state index contributed by atoms with van der Waals surface area (Å²) >= 11 is 0. The summed E-state index contributed by atoms with van der Waals surface area (Å²) in [5, 5.41) is 9.72. The Morgan fingerprint density at radius 3 is 2.50 bits per heavy atom. The molecule has 3 heteroatoms. The second-order valence-corrected chi connectivity index (χ2v) is 4.49. The maximum absolute atomic E-state index is 12.1. The molecule has 0 saturated heterocycles. The van der Waals surface area contributed by atoms with Crippen LogP contribution in [-0.2, 0) is 0 Å². The van der Waals surface area contributed by atoms with E-state index in [1.54, 1.807) is 12.1 Å². The maximum atomic E-state index is 12.1. The minimum Gasteiger partial charge on any atom is -0.507 e. The molecule has 0 radical (unpaired) electrons. The Bertz CT molecular complexity index is 640. The van der Waals surface area contributed by atoms with Crippen LogP contribution in [0.2, 0.25) is 0 Å². The van der Waals surface area contributed by atoms with E-state index in [4.69, 9.17) is 4.74 Å². The van der Waals surface area contributed by atoms with Gasteiger partial charge >= 0.3 is 0 Å². The number of benzene rings is 2. The topological polar surface area (TPSA) is 46.5 Å². The van der Waals surface area contributed by atoms with Gasteiger partial charge in [0.05, 0.1) is 12.7 Å². The van der Waals surface area contributed by atoms with Crippen molar-refractivity contribution in [1.82, 2.24) is 0 Å². The van der Waals surface area contributed by atoms with Gasteiger partial charge in [-0.15, -0.1) is 0 Å². The highest BCUT2D eigenvalue weighted by molar-refractivity contribution is 6.08. The average molecular weight is 268 g/mol. The number of phenols is 1. The molecule has 0 atom stereocenters. The molecule has 102 valence electrons. The molecule has 0 fully saturated rings. The summed E-state index contributed by atoms with van der Waals surface area (Å²) in [6, 6.07) is 12.4. The van der Waals surface area contributed by atoms with Crippen LogP contribution in [0.15, 0.2) is 48.5 Å². The van der Waals surface area contributed by atoms with Gasteiger partial charge in [0, 0.05) is 0 Å². The Hall–Kier alpha value is -2.55. The fraction of sp³-hybridized carbons (Fsp3) is 0.118. The fourth-order valence-electron chi connectivity index (χ4n) is 1.78. The third kappa shape index (κ3) is 3.26. The molecule has 2 rings (SSSR count). The van der Waals surface area contributed by atoms with Crippen LogP contribution in [-0.4, -0.2) is 18.0 Å². The lowest BCUT2D eigenvalue weighted by Gasteiger charge is -2.04. The molecular weight excluding hydrogens is 252 g/mol. The number of carbonyl (C=O) groups excluding carboxylic acids is 1. The van der Waals surface area contributed by atoms with E-state index >= 15 is 0 Å². The van der Waals surface area contributed by atoms with Gasteiger partial charge in [0.1, 0.15) is 11.5 Å². The van der Waals surface area contributed by atoms with Crippen molar-refractivity contribution in [2.24, 2.45) is 0 Å². The molecule has 0 aliphatic carbocycles. The van der Waals surface area contributed by atoms with Crippen molar-refractivity contribution >= 4 is 11.9 Å². The summed E-state index contributed by atoms with van der Waals surface area (Å²) in [4.78, 5) is 12.1. The van der Waals surface area contributed by atoms with Crippen molar-refractivity contribution in [3.63, 3.8) is 0 Å². The molecule has 0 bridgehead atoms. The van der Waals surface area contributed by atoms with Crippen LogP contribution in [0.5, 0.6) is 11.5 Å². The number of methoxy groups -OCH3 is 1. The van der Waals surface area contributed by atoms with Crippen LogP contribution >= 0.6 is 0 Å². The second-order valence-electron chi connectivity index (χ2n) is 4.49. The van der Waals surface area contributed by atoms with E-state index in [1.807, 2.05) is 31.2 Å². The monoisotopic (exact) mass is 268 g/mol. The summed E-state index contributed by atoms with van der Waals surface area (Å²) in [6.07, 6.45) is 3.17. The highest BCUT2D eigenvalue weighted by atomic mass is 16.5. The van der Waals surface area contributed by atoms with E-state index < -0.39 is 0 Å². The van der Waals surface area contributed by atoms with E-state index in [0.717, 1.165) is 5.56 Å². The molecular formula is C17H16O3. The molecule has 0 aliphatic rings. The maximum Gasteiger partial charge on any atom is 0.189 e. The molecule has 0 heterocycles. The number of ketones is 1. The number of rotatable bonds is 4. The predicted molar refractivity (Wildman–Crippen MR) is 79.2 cm³/mol. The van der Waals surface area contributed by atoms with Gasteiger partial charge in [-0.25, -0.2) is 0 Å². The van der Waals surface area contributed by atoms with E-state index in [9.17, 15) is 9.90 Å². The number of ether oxygens (including phenoxy) is 1. The van der Waals surface area contributed by atoms with Crippen molar-refractivity contribution in [2.45, 2.75) is 6.92 Å². The van der Waals surface area contributed by atoms with E-state index in [1.165, 1.54) is 30.9 Å². The first-order valence-electron chi connectivity index (χ1n) is 6.26. The van der Waals surface area contributed by atoms with E-state index in [2.05, 4.69) is 0 Å². The van der Waals surface area contributed by atoms with Gasteiger partial charge in [-0.3, -0.25) is 4.79 Å². The summed E-state index contributed by atoms with van der Waals surface area (Å²) in [5.74, 6) is 0.223. The molecule has 20 heavy (non-hydrogen) atoms. The zero-order chi connectivity index (χ0) is 14.5. The molecule has 0 spiro atoms. The van der Waals surface area contributed by atoms with Crippen molar-refractivity contribution in [1.29, 1.82) is 0 Å². The second kappa shape index (κ2) is 6.06. The van der Waals surface area contributed by atoms with Gasteiger partial charge in [0.15, 0.2) is 5.78 Å². The van der Waals surface area contributed by atoms with Gasteiger partial charge in [0.2, 0.25) is 0 Å². The van der Waals surface area contributed by atoms with Crippen molar-refractivity contribution in [3.8, 4) is 11.5 Å². The molecule has 0 unspecified atom stereocenters. The average Bonchev–Trinajstić information content (AvgIpc) is 2.47. The highest BCUT2D eigenvalue weighted by Gasteiger charge is 2.09. The largest absolute Gasteiger partial charge is 0.507 e. The molecule has 1 N–H and O–H groups in total. The molecule has 0 saturated carbocycles. The summed E-state index contributed by atoms with van der Waals surface area (Å²) in [7, 11) is 1.52. The third-order valence-electron chi connectivity index (χ3n) is 2.97. The van der Waals surface area contributed by atoms with Crippen molar-refractivity contribution < 1.29 is 14.6 Å². The lowest BCUT2D eigenvalue weighted by Crippen LogP contribution is -1.96. The minimum atomic E-state index is -0.262. The Morgan fingerprint density at radius 1 is 1.15 bits per heavy atom. The third-order valence-corrected chi connectivity index (χ3v) is 2.97. The van der Waals surface area contributed by atoms with Crippen LogP contribution in [0.4, 0.5) is 0 Å². The zero-order valence-electron chi connectivity index (χ0n) is 11.5. The normalized spacial score (nSPS) is 10.7. The van der Waals surface area contributed by atoms with Crippen LogP contribution in [0.3, 0.4) is 0 Å². The number of hydrogen-bond acceptors (Lipinski definition) is 3. The van der Waals surface area contributed by atoms with Gasteiger partial charge in [0.25, 0.3) is 0 Å². The van der Waals surface area contributed by atoms with Crippen LogP contribution in [0.1, 0.15) is 21.5 Å². The first-order valence-corrected chi connectivity index (χ1v) is 6.26. The molecule has 0 aromatic heterocycles. The number of allylic oxidation sites excluding steroid dienone is 1. The lowest BCUT2D eigenvalue weighted by molar-refractivity contribution is 0.104. The number of aromatic hydroxyl groups is 1. The standard InChI is InChI=1S/C17H16O3/c1-12-3-5-13(6-4-12)7-9-16(18)15-11-14(20-2)8-10-17(15)19/h3-11,19H,1-2H3/b9-7+. The minimum absolute atomic E-state index is 0.0515. The number of aryl methyl sites for hydroxylation is 1. The molecule has 0 aliphatic heterocycles. The smallest absolute Gasteiger partial charge is 0.189 e. The van der Waals surface area contributed by atoms with Gasteiger partial charge in [-0.05, 0) is 36.8 Å². The van der Waals surface area contributed by atoms with Crippen molar-refractivity contribution in [2.75, 3.05) is 7.11 Å². The van der Waals surface area contributed by atoms with E-state index in [-0.39, 0.29) is 17.1 Å². The van der Waals surface area contributed by atoms with Crippen LogP contribution in [0.25, 0.3) is 6.08 Å². The summed E-state index contributed by atoms with van der Waals surface area (Å²) < 4.78 is 5.05. The van der Waals surface area contributed by atoms with Crippen LogP contribution < -0.4 is 4.74 Å². The highest BCUT2D eigenvalue weighted by Crippen LogP contribution is 2.23. The van der Waals surface area contributed by atoms with Crippen LogP contribution in [0, 0.1) is 6.92 Å². The van der Waals surface area contributed by atoms with E-state index in [0.29, 0.717) is 5.75 Å². The number of phenolic OH excluding ortho intramolecular Hbond substituents is 1. The lowest BCUT2D eigenvalue weighted by atomic mass is 10.1. The molecule has 0 amide bonds. The number of hydrogen-bond donors (Lipinski definition) is 1. The zero-order valence-corrected chi connectivity index (χ0v) is 11.5. The Kier molecular flexibility index (Phi) is 4.20. The summed E-state index contributed by atoms with van der Waals surface area (Å²) in [5.41, 5.74) is 2.33. The Labute approximate surface area is 118 Å². The summed E-state index contributed by atoms with van der Waals surface area (Å²) in [6.45, 7) is 2.01. The van der Waals surface area contributed by atoms with Gasteiger partial charge < -0.3 is 9.84 Å². The first kappa shape index (κ1) is 13.9. The fourth-order valence-corrected chi connectivity index (χ4v) is 1.78. The molecule has 2 aromatic carbocycles. The SMILES string of the molecule is COc1ccc(O)c(C(=O)/C=C/c2ccc(C)cc2)c1. The predicted octanol–water partition coefficient (Wildman–Crippen LogP) is 3.61. The molecule has 3 nitrogen and oxygen atoms in total. The number of carbonyl (C=O) groups is 1. The van der Waals surface area contributed by atoms with Gasteiger partial charge in [-0.2, -0.15) is 0 Å². The van der Waals surface area contributed by atoms with Crippen molar-refractivity contribution in [3.05, 3.63) is 65.2 Å². The molecule has 2 aromatic rings.